The number of carbonyl (C=O) groups is 1. The molecule has 0 spiro atoms. The highest BCUT2D eigenvalue weighted by molar-refractivity contribution is 5.82. The van der Waals surface area contributed by atoms with Crippen molar-refractivity contribution in [3.8, 4) is 5.75 Å². The van der Waals surface area contributed by atoms with Crippen molar-refractivity contribution in [2.45, 2.75) is 90.0 Å². The number of para-hydroxylation sites is 1. The Morgan fingerprint density at radius 3 is 2.55 bits per heavy atom. The largest absolute Gasteiger partial charge is 0.496 e. The van der Waals surface area contributed by atoms with Crippen LogP contribution in [-0.2, 0) is 4.79 Å². The molecule has 0 aromatic heterocycles. The van der Waals surface area contributed by atoms with Crippen molar-refractivity contribution in [1.29, 1.82) is 0 Å². The molecule has 1 aromatic rings. The summed E-state index contributed by atoms with van der Waals surface area (Å²) in [4.78, 5) is 15.9. The lowest BCUT2D eigenvalue weighted by atomic mass is 9.74. The van der Waals surface area contributed by atoms with Crippen molar-refractivity contribution < 1.29 is 9.53 Å². The van der Waals surface area contributed by atoms with Crippen molar-refractivity contribution in [3.05, 3.63) is 35.9 Å². The number of nitrogens with zero attached hydrogens (tertiary/aromatic N) is 1. The first-order valence-corrected chi connectivity index (χ1v) is 13.4. The van der Waals surface area contributed by atoms with Crippen LogP contribution in [0.2, 0.25) is 0 Å². The van der Waals surface area contributed by atoms with Gasteiger partial charge in [-0.15, -0.1) is 0 Å². The van der Waals surface area contributed by atoms with Gasteiger partial charge in [0.15, 0.2) is 0 Å². The van der Waals surface area contributed by atoms with Crippen molar-refractivity contribution in [3.63, 3.8) is 0 Å². The molecule has 0 saturated heterocycles. The lowest BCUT2D eigenvalue weighted by Gasteiger charge is -2.37. The third-order valence-electron chi connectivity index (χ3n) is 8.41. The van der Waals surface area contributed by atoms with Crippen LogP contribution in [0.3, 0.4) is 0 Å². The van der Waals surface area contributed by atoms with Crippen molar-refractivity contribution >= 4 is 11.5 Å². The number of carbonyl (C=O) groups excluding carboxylic acids is 1. The fourth-order valence-corrected chi connectivity index (χ4v) is 6.27. The van der Waals surface area contributed by atoms with E-state index in [0.717, 1.165) is 57.0 Å². The molecule has 0 bridgehead atoms. The Kier molecular flexibility index (Phi) is 8.51. The van der Waals surface area contributed by atoms with E-state index in [0.29, 0.717) is 5.91 Å². The third kappa shape index (κ3) is 6.41. The van der Waals surface area contributed by atoms with Gasteiger partial charge in [-0.25, -0.2) is 0 Å². The van der Waals surface area contributed by atoms with E-state index in [1.165, 1.54) is 62.5 Å². The highest BCUT2D eigenvalue weighted by Crippen LogP contribution is 2.36. The van der Waals surface area contributed by atoms with E-state index >= 15 is 0 Å². The summed E-state index contributed by atoms with van der Waals surface area (Å²) < 4.78 is 5.58. The van der Waals surface area contributed by atoms with E-state index in [1.54, 1.807) is 7.11 Å². The first kappa shape index (κ1) is 24.3. The number of nitrogens with one attached hydrogen (secondary N) is 1. The van der Waals surface area contributed by atoms with Gasteiger partial charge in [0, 0.05) is 36.7 Å². The summed E-state index contributed by atoms with van der Waals surface area (Å²) in [6, 6.07) is 8.60. The maximum absolute atomic E-state index is 13.4. The van der Waals surface area contributed by atoms with Gasteiger partial charge < -0.3 is 10.1 Å². The summed E-state index contributed by atoms with van der Waals surface area (Å²) in [7, 11) is 1.75. The molecule has 3 aliphatic rings. The zero-order valence-electron chi connectivity index (χ0n) is 20.9. The van der Waals surface area contributed by atoms with Crippen LogP contribution >= 0.6 is 0 Å². The maximum Gasteiger partial charge on any atom is 0.226 e. The van der Waals surface area contributed by atoms with E-state index in [4.69, 9.17) is 4.74 Å². The SMILES string of the molecule is COc1ccccc1C1=CCN(C[C@@H](CC2CCCCC2)NC(=O)C2(C)CCCCC2)CC1. The number of methoxy groups -OCH3 is 1. The Morgan fingerprint density at radius 2 is 1.85 bits per heavy atom. The lowest BCUT2D eigenvalue weighted by Crippen LogP contribution is -2.50. The highest BCUT2D eigenvalue weighted by Gasteiger charge is 2.36. The van der Waals surface area contributed by atoms with Gasteiger partial charge in [0.1, 0.15) is 5.75 Å². The molecule has 0 radical (unpaired) electrons. The highest BCUT2D eigenvalue weighted by atomic mass is 16.5. The molecule has 4 rings (SSSR count). The van der Waals surface area contributed by atoms with Crippen LogP contribution in [0.1, 0.15) is 89.5 Å². The quantitative estimate of drug-likeness (QED) is 0.510. The van der Waals surface area contributed by atoms with Crippen LogP contribution in [0.5, 0.6) is 5.75 Å². The second kappa shape index (κ2) is 11.6. The van der Waals surface area contributed by atoms with E-state index in [-0.39, 0.29) is 11.5 Å². The molecule has 182 valence electrons. The van der Waals surface area contributed by atoms with Crippen LogP contribution in [0.25, 0.3) is 5.57 Å². The number of ether oxygens (including phenoxy) is 1. The zero-order valence-corrected chi connectivity index (χ0v) is 20.9. The molecule has 2 aliphatic carbocycles. The van der Waals surface area contributed by atoms with Crippen molar-refractivity contribution in [1.82, 2.24) is 10.2 Å². The summed E-state index contributed by atoms with van der Waals surface area (Å²) >= 11 is 0. The molecule has 4 heteroatoms. The molecule has 33 heavy (non-hydrogen) atoms. The predicted molar refractivity (Wildman–Crippen MR) is 136 cm³/mol. The average Bonchev–Trinajstić information content (AvgIpc) is 2.85. The summed E-state index contributed by atoms with van der Waals surface area (Å²) in [5, 5.41) is 3.56. The molecule has 4 nitrogen and oxygen atoms in total. The van der Waals surface area contributed by atoms with Crippen LogP contribution in [0, 0.1) is 11.3 Å². The summed E-state index contributed by atoms with van der Waals surface area (Å²) in [6.07, 6.45) is 17.1. The Balaban J connectivity index is 1.40. The molecule has 2 fully saturated rings. The van der Waals surface area contributed by atoms with Crippen molar-refractivity contribution in [2.24, 2.45) is 11.3 Å². The fraction of sp³-hybridized carbons (Fsp3) is 0.690. The lowest BCUT2D eigenvalue weighted by molar-refractivity contribution is -0.133. The van der Waals surface area contributed by atoms with Gasteiger partial charge in [0.2, 0.25) is 5.91 Å². The predicted octanol–water partition coefficient (Wildman–Crippen LogP) is 6.21. The molecule has 1 aliphatic heterocycles. The topological polar surface area (TPSA) is 41.6 Å². The normalized spacial score (nSPS) is 22.9. The van der Waals surface area contributed by atoms with Gasteiger partial charge in [-0.05, 0) is 43.2 Å². The van der Waals surface area contributed by atoms with E-state index in [1.807, 2.05) is 12.1 Å². The first-order chi connectivity index (χ1) is 16.1. The molecule has 1 N–H and O–H groups in total. The van der Waals surface area contributed by atoms with Gasteiger partial charge in [0.05, 0.1) is 7.11 Å². The van der Waals surface area contributed by atoms with Crippen LogP contribution in [0.15, 0.2) is 30.3 Å². The number of hydrogen-bond donors (Lipinski definition) is 1. The Bertz CT molecular complexity index is 806. The van der Waals surface area contributed by atoms with Gasteiger partial charge in [-0.3, -0.25) is 9.69 Å². The Morgan fingerprint density at radius 1 is 1.12 bits per heavy atom. The number of hydrogen-bond acceptors (Lipinski definition) is 3. The van der Waals surface area contributed by atoms with Gasteiger partial charge >= 0.3 is 0 Å². The standard InChI is InChI=1S/C29H44N2O2/c1-29(17-9-4-10-18-29)28(32)30-25(21-23-11-5-3-6-12-23)22-31-19-15-24(16-20-31)26-13-7-8-14-27(26)33-2/h7-8,13-15,23,25H,3-6,9-12,16-22H2,1-2H3,(H,30,32)/t25-/m1/s1. The minimum absolute atomic E-state index is 0.165. The Hall–Kier alpha value is -1.81. The first-order valence-electron chi connectivity index (χ1n) is 13.4. The summed E-state index contributed by atoms with van der Waals surface area (Å²) in [5.41, 5.74) is 2.44. The summed E-state index contributed by atoms with van der Waals surface area (Å²) in [6.45, 7) is 5.15. The smallest absolute Gasteiger partial charge is 0.226 e. The fourth-order valence-electron chi connectivity index (χ4n) is 6.27. The number of rotatable bonds is 8. The van der Waals surface area contributed by atoms with Gasteiger partial charge in [-0.1, -0.05) is 82.6 Å². The zero-order chi connectivity index (χ0) is 23.1. The molecular weight excluding hydrogens is 408 g/mol. The molecule has 1 aromatic carbocycles. The van der Waals surface area contributed by atoms with E-state index < -0.39 is 0 Å². The molecule has 1 heterocycles. The monoisotopic (exact) mass is 452 g/mol. The number of benzene rings is 1. The second-order valence-electron chi connectivity index (χ2n) is 11.0. The van der Waals surface area contributed by atoms with Gasteiger partial charge in [-0.2, -0.15) is 0 Å². The van der Waals surface area contributed by atoms with Gasteiger partial charge in [0.25, 0.3) is 0 Å². The number of amides is 1. The minimum atomic E-state index is -0.165. The van der Waals surface area contributed by atoms with Crippen molar-refractivity contribution in [2.75, 3.05) is 26.7 Å². The Labute approximate surface area is 201 Å². The average molecular weight is 453 g/mol. The van der Waals surface area contributed by atoms with Crippen LogP contribution < -0.4 is 10.1 Å². The summed E-state index contributed by atoms with van der Waals surface area (Å²) in [5.74, 6) is 2.04. The van der Waals surface area contributed by atoms with E-state index in [9.17, 15) is 4.79 Å². The molecule has 1 amide bonds. The van der Waals surface area contributed by atoms with Crippen LogP contribution in [0.4, 0.5) is 0 Å². The third-order valence-corrected chi connectivity index (χ3v) is 8.41. The minimum Gasteiger partial charge on any atom is -0.496 e. The molecule has 1 atom stereocenters. The van der Waals surface area contributed by atoms with E-state index in [2.05, 4.69) is 35.3 Å². The molecule has 2 saturated carbocycles. The second-order valence-corrected chi connectivity index (χ2v) is 11.0. The van der Waals surface area contributed by atoms with Crippen LogP contribution in [-0.4, -0.2) is 43.6 Å². The maximum atomic E-state index is 13.4. The molecular formula is C29H44N2O2. The molecule has 0 unspecified atom stereocenters.